The number of carbonyl (C=O) groups excluding carboxylic acids is 1. The number of ether oxygens (including phenoxy) is 1. The van der Waals surface area contributed by atoms with E-state index in [-0.39, 0.29) is 35.9 Å². The van der Waals surface area contributed by atoms with Gasteiger partial charge < -0.3 is 15.0 Å². The number of hydrogen-bond acceptors (Lipinski definition) is 3. The molecule has 0 saturated carbocycles. The number of aliphatic imine (C=N–C) groups is 1. The lowest BCUT2D eigenvalue weighted by molar-refractivity contribution is -0.146. The summed E-state index contributed by atoms with van der Waals surface area (Å²) in [6.07, 6.45) is 2.58. The first kappa shape index (κ1) is 21.5. The van der Waals surface area contributed by atoms with Crippen molar-refractivity contribution >= 4 is 46.7 Å². The molecule has 6 heteroatoms. The van der Waals surface area contributed by atoms with E-state index in [4.69, 9.17) is 4.74 Å². The van der Waals surface area contributed by atoms with Gasteiger partial charge in [-0.15, -0.1) is 24.0 Å². The van der Waals surface area contributed by atoms with E-state index < -0.39 is 0 Å². The van der Waals surface area contributed by atoms with Gasteiger partial charge in [0.15, 0.2) is 5.96 Å². The molecule has 0 radical (unpaired) electrons. The molecule has 0 aromatic heterocycles. The Bertz CT molecular complexity index is 786. The van der Waals surface area contributed by atoms with Crippen molar-refractivity contribution in [3.63, 3.8) is 0 Å². The molecule has 146 valence electrons. The lowest BCUT2D eigenvalue weighted by atomic mass is 9.97. The van der Waals surface area contributed by atoms with Crippen molar-refractivity contribution in [3.05, 3.63) is 48.0 Å². The molecule has 3 rings (SSSR count). The van der Waals surface area contributed by atoms with Gasteiger partial charge in [0, 0.05) is 26.7 Å². The fourth-order valence-corrected chi connectivity index (χ4v) is 3.54. The SMILES string of the molecule is CN=C(NCCc1ccc2ccccc2c1)N1CCC(C(=O)OC)CC1.I. The molecular formula is C21H28IN3O2. The number of hydrogen-bond donors (Lipinski definition) is 1. The van der Waals surface area contributed by atoms with Crippen LogP contribution in [0.15, 0.2) is 47.5 Å². The number of methoxy groups -OCH3 is 1. The van der Waals surface area contributed by atoms with Gasteiger partial charge in [-0.25, -0.2) is 0 Å². The third-order valence-corrected chi connectivity index (χ3v) is 5.05. The minimum absolute atomic E-state index is 0. The fraction of sp³-hybridized carbons (Fsp3) is 0.429. The third kappa shape index (κ3) is 5.57. The minimum Gasteiger partial charge on any atom is -0.469 e. The van der Waals surface area contributed by atoms with Crippen LogP contribution in [0.1, 0.15) is 18.4 Å². The number of carbonyl (C=O) groups is 1. The van der Waals surface area contributed by atoms with Crippen molar-refractivity contribution in [3.8, 4) is 0 Å². The molecule has 0 unspecified atom stereocenters. The largest absolute Gasteiger partial charge is 0.469 e. The zero-order valence-electron chi connectivity index (χ0n) is 16.0. The number of nitrogens with zero attached hydrogens (tertiary/aromatic N) is 2. The summed E-state index contributed by atoms with van der Waals surface area (Å²) in [7, 11) is 3.27. The van der Waals surface area contributed by atoms with Crippen molar-refractivity contribution < 1.29 is 9.53 Å². The molecule has 0 aliphatic carbocycles. The Morgan fingerprint density at radius 1 is 1.19 bits per heavy atom. The lowest BCUT2D eigenvalue weighted by Crippen LogP contribution is -2.47. The monoisotopic (exact) mass is 481 g/mol. The maximum absolute atomic E-state index is 11.6. The molecule has 0 amide bonds. The topological polar surface area (TPSA) is 53.9 Å². The second-order valence-electron chi connectivity index (χ2n) is 6.69. The van der Waals surface area contributed by atoms with E-state index in [9.17, 15) is 4.79 Å². The molecule has 2 aromatic rings. The summed E-state index contributed by atoms with van der Waals surface area (Å²) in [5.74, 6) is 0.838. The van der Waals surface area contributed by atoms with Crippen LogP contribution in [0.2, 0.25) is 0 Å². The maximum atomic E-state index is 11.6. The lowest BCUT2D eigenvalue weighted by Gasteiger charge is -2.33. The summed E-state index contributed by atoms with van der Waals surface area (Å²) in [6, 6.07) is 15.0. The zero-order chi connectivity index (χ0) is 18.4. The number of guanidine groups is 1. The summed E-state index contributed by atoms with van der Waals surface area (Å²) >= 11 is 0. The molecule has 27 heavy (non-hydrogen) atoms. The number of nitrogens with one attached hydrogen (secondary N) is 1. The van der Waals surface area contributed by atoms with E-state index in [2.05, 4.69) is 57.7 Å². The summed E-state index contributed by atoms with van der Waals surface area (Å²) in [6.45, 7) is 2.49. The van der Waals surface area contributed by atoms with Crippen LogP contribution >= 0.6 is 24.0 Å². The Labute approximate surface area is 178 Å². The van der Waals surface area contributed by atoms with Crippen LogP contribution < -0.4 is 5.32 Å². The highest BCUT2D eigenvalue weighted by Crippen LogP contribution is 2.19. The van der Waals surface area contributed by atoms with E-state index >= 15 is 0 Å². The van der Waals surface area contributed by atoms with Crippen molar-refractivity contribution in [1.82, 2.24) is 10.2 Å². The number of esters is 1. The normalized spacial score (nSPS) is 15.3. The Balaban J connectivity index is 0.00000261. The fourth-order valence-electron chi connectivity index (χ4n) is 3.54. The summed E-state index contributed by atoms with van der Waals surface area (Å²) in [4.78, 5) is 18.3. The van der Waals surface area contributed by atoms with Gasteiger partial charge >= 0.3 is 5.97 Å². The Kier molecular flexibility index (Phi) is 8.34. The van der Waals surface area contributed by atoms with Crippen molar-refractivity contribution in [1.29, 1.82) is 0 Å². The second kappa shape index (κ2) is 10.5. The predicted molar refractivity (Wildman–Crippen MR) is 121 cm³/mol. The molecule has 0 atom stereocenters. The number of benzene rings is 2. The Hall–Kier alpha value is -1.83. The van der Waals surface area contributed by atoms with Crippen LogP contribution in [-0.4, -0.2) is 50.6 Å². The van der Waals surface area contributed by atoms with Crippen LogP contribution in [0.25, 0.3) is 10.8 Å². The maximum Gasteiger partial charge on any atom is 0.308 e. The van der Waals surface area contributed by atoms with Gasteiger partial charge in [0.1, 0.15) is 0 Å². The van der Waals surface area contributed by atoms with E-state index in [1.54, 1.807) is 0 Å². The zero-order valence-corrected chi connectivity index (χ0v) is 18.3. The summed E-state index contributed by atoms with van der Waals surface area (Å²) < 4.78 is 4.85. The van der Waals surface area contributed by atoms with E-state index in [0.717, 1.165) is 44.9 Å². The van der Waals surface area contributed by atoms with Crippen LogP contribution in [0, 0.1) is 5.92 Å². The van der Waals surface area contributed by atoms with Crippen LogP contribution in [0.4, 0.5) is 0 Å². The van der Waals surface area contributed by atoms with E-state index in [1.807, 2.05) is 7.05 Å². The number of rotatable bonds is 4. The third-order valence-electron chi connectivity index (χ3n) is 5.05. The van der Waals surface area contributed by atoms with Crippen LogP contribution in [0.3, 0.4) is 0 Å². The van der Waals surface area contributed by atoms with Gasteiger partial charge in [-0.05, 0) is 35.6 Å². The Morgan fingerprint density at radius 2 is 1.89 bits per heavy atom. The van der Waals surface area contributed by atoms with Crippen LogP contribution in [-0.2, 0) is 16.0 Å². The second-order valence-corrected chi connectivity index (χ2v) is 6.69. The van der Waals surface area contributed by atoms with E-state index in [1.165, 1.54) is 23.4 Å². The standard InChI is InChI=1S/C21H27N3O2.HI/c1-22-21(24-13-10-18(11-14-24)20(25)26-2)23-12-9-16-7-8-17-5-3-4-6-19(17)15-16;/h3-8,15,18H,9-14H2,1-2H3,(H,22,23);1H. The number of halogens is 1. The molecule has 1 aliphatic rings. The quantitative estimate of drug-likeness (QED) is 0.315. The summed E-state index contributed by atoms with van der Waals surface area (Å²) in [5.41, 5.74) is 1.32. The molecule has 1 N–H and O–H groups in total. The van der Waals surface area contributed by atoms with Crippen molar-refractivity contribution in [2.75, 3.05) is 33.8 Å². The van der Waals surface area contributed by atoms with Crippen molar-refractivity contribution in [2.45, 2.75) is 19.3 Å². The van der Waals surface area contributed by atoms with Gasteiger partial charge in [-0.3, -0.25) is 9.79 Å². The smallest absolute Gasteiger partial charge is 0.308 e. The first-order valence-corrected chi connectivity index (χ1v) is 9.22. The molecule has 1 heterocycles. The molecular weight excluding hydrogens is 453 g/mol. The molecule has 1 aliphatic heterocycles. The number of piperidine rings is 1. The average Bonchev–Trinajstić information content (AvgIpc) is 2.70. The predicted octanol–water partition coefficient (Wildman–Crippen LogP) is 3.46. The first-order chi connectivity index (χ1) is 12.7. The van der Waals surface area contributed by atoms with Crippen molar-refractivity contribution in [2.24, 2.45) is 10.9 Å². The van der Waals surface area contributed by atoms with Gasteiger partial charge in [-0.2, -0.15) is 0 Å². The molecule has 0 spiro atoms. The average molecular weight is 481 g/mol. The molecule has 1 saturated heterocycles. The highest BCUT2D eigenvalue weighted by Gasteiger charge is 2.26. The highest BCUT2D eigenvalue weighted by atomic mass is 127. The van der Waals surface area contributed by atoms with Gasteiger partial charge in [0.05, 0.1) is 13.0 Å². The first-order valence-electron chi connectivity index (χ1n) is 9.22. The van der Waals surface area contributed by atoms with Crippen LogP contribution in [0.5, 0.6) is 0 Å². The Morgan fingerprint density at radius 3 is 2.56 bits per heavy atom. The number of fused-ring (bicyclic) bond motifs is 1. The molecule has 0 bridgehead atoms. The van der Waals surface area contributed by atoms with Gasteiger partial charge in [0.25, 0.3) is 0 Å². The highest BCUT2D eigenvalue weighted by molar-refractivity contribution is 14.0. The summed E-state index contributed by atoms with van der Waals surface area (Å²) in [5, 5.41) is 6.00. The molecule has 1 fully saturated rings. The molecule has 2 aromatic carbocycles. The van der Waals surface area contributed by atoms with Gasteiger partial charge in [-0.1, -0.05) is 42.5 Å². The number of likely N-dealkylation sites (tertiary alicyclic amines) is 1. The minimum atomic E-state index is -0.0936. The molecule has 5 nitrogen and oxygen atoms in total. The van der Waals surface area contributed by atoms with Gasteiger partial charge in [0.2, 0.25) is 0 Å². The van der Waals surface area contributed by atoms with E-state index in [0.29, 0.717) is 0 Å².